The Balaban J connectivity index is 2.26. The van der Waals surface area contributed by atoms with E-state index in [0.717, 1.165) is 18.0 Å². The summed E-state index contributed by atoms with van der Waals surface area (Å²) in [5, 5.41) is 6.74. The van der Waals surface area contributed by atoms with E-state index in [9.17, 15) is 0 Å². The third-order valence-corrected chi connectivity index (χ3v) is 5.50. The Labute approximate surface area is 118 Å². The molecule has 0 saturated heterocycles. The van der Waals surface area contributed by atoms with Gasteiger partial charge in [0.15, 0.2) is 0 Å². The van der Waals surface area contributed by atoms with Crippen molar-refractivity contribution in [1.29, 1.82) is 0 Å². The van der Waals surface area contributed by atoms with Crippen LogP contribution in [0.15, 0.2) is 22.1 Å². The molecule has 0 aliphatic heterocycles. The molecule has 0 saturated carbocycles. The van der Waals surface area contributed by atoms with Crippen molar-refractivity contribution in [2.75, 3.05) is 6.54 Å². The Bertz CT molecular complexity index is 445. The van der Waals surface area contributed by atoms with Gasteiger partial charge in [0.2, 0.25) is 0 Å². The summed E-state index contributed by atoms with van der Waals surface area (Å²) in [4.78, 5) is 7.08. The van der Waals surface area contributed by atoms with Crippen LogP contribution in [-0.4, -0.2) is 11.5 Å². The monoisotopic (exact) mass is 330 g/mol. The third-order valence-electron chi connectivity index (χ3n) is 2.46. The highest BCUT2D eigenvalue weighted by atomic mass is 79.9. The quantitative estimate of drug-likeness (QED) is 0.880. The van der Waals surface area contributed by atoms with Crippen LogP contribution in [0.4, 0.5) is 0 Å². The number of hydrogen-bond acceptors (Lipinski definition) is 4. The van der Waals surface area contributed by atoms with Crippen LogP contribution in [0.3, 0.4) is 0 Å². The second-order valence-corrected chi connectivity index (χ2v) is 6.88. The van der Waals surface area contributed by atoms with Gasteiger partial charge in [0, 0.05) is 25.8 Å². The van der Waals surface area contributed by atoms with Crippen molar-refractivity contribution in [3.8, 4) is 0 Å². The Morgan fingerprint density at radius 2 is 2.35 bits per heavy atom. The Morgan fingerprint density at radius 3 is 2.88 bits per heavy atom. The molecule has 1 atom stereocenters. The van der Waals surface area contributed by atoms with E-state index in [1.165, 1.54) is 14.2 Å². The molecule has 2 aromatic heterocycles. The van der Waals surface area contributed by atoms with E-state index in [4.69, 9.17) is 0 Å². The van der Waals surface area contributed by atoms with E-state index >= 15 is 0 Å². The van der Waals surface area contributed by atoms with Crippen molar-refractivity contribution >= 4 is 38.6 Å². The van der Waals surface area contributed by atoms with Gasteiger partial charge >= 0.3 is 0 Å². The lowest BCUT2D eigenvalue weighted by atomic mass is 10.2. The average molecular weight is 331 g/mol. The molecule has 0 aliphatic carbocycles. The first-order valence-electron chi connectivity index (χ1n) is 5.61. The highest BCUT2D eigenvalue weighted by Gasteiger charge is 2.18. The summed E-state index contributed by atoms with van der Waals surface area (Å²) in [5.41, 5.74) is 0. The van der Waals surface area contributed by atoms with Gasteiger partial charge in [-0.25, -0.2) is 4.98 Å². The zero-order valence-corrected chi connectivity index (χ0v) is 13.1. The summed E-state index contributed by atoms with van der Waals surface area (Å²) in [6, 6.07) is 2.44. The first-order chi connectivity index (χ1) is 8.22. The lowest BCUT2D eigenvalue weighted by Crippen LogP contribution is -2.22. The lowest BCUT2D eigenvalue weighted by molar-refractivity contribution is 0.603. The molecule has 0 radical (unpaired) electrons. The SMILES string of the molecule is CCCNC(c1cc(Br)c(C)s1)c1nccs1. The standard InChI is InChI=1S/C12H15BrN2S2/c1-3-4-14-11(12-15-5-6-16-12)10-7-9(13)8(2)17-10/h5-7,11,14H,3-4H2,1-2H3. The number of aromatic nitrogens is 1. The van der Waals surface area contributed by atoms with Crippen molar-refractivity contribution in [2.45, 2.75) is 26.3 Å². The second kappa shape index (κ2) is 6.09. The molecule has 2 aromatic rings. The molecule has 2 heterocycles. The zero-order chi connectivity index (χ0) is 12.3. The van der Waals surface area contributed by atoms with Crippen LogP contribution >= 0.6 is 38.6 Å². The first-order valence-corrected chi connectivity index (χ1v) is 8.10. The van der Waals surface area contributed by atoms with E-state index in [1.54, 1.807) is 11.3 Å². The highest BCUT2D eigenvalue weighted by Crippen LogP contribution is 2.34. The van der Waals surface area contributed by atoms with Crippen LogP contribution in [-0.2, 0) is 0 Å². The van der Waals surface area contributed by atoms with E-state index in [0.29, 0.717) is 0 Å². The van der Waals surface area contributed by atoms with Gasteiger partial charge in [-0.1, -0.05) is 6.92 Å². The van der Waals surface area contributed by atoms with Crippen molar-refractivity contribution < 1.29 is 0 Å². The molecule has 92 valence electrons. The molecule has 5 heteroatoms. The number of aryl methyl sites for hydroxylation is 1. The summed E-state index contributed by atoms with van der Waals surface area (Å²) in [6.45, 7) is 5.33. The van der Waals surface area contributed by atoms with E-state index in [2.05, 4.69) is 46.1 Å². The number of nitrogens with zero attached hydrogens (tertiary/aromatic N) is 1. The smallest absolute Gasteiger partial charge is 0.115 e. The first kappa shape index (κ1) is 13.2. The van der Waals surface area contributed by atoms with Gasteiger partial charge in [0.05, 0.1) is 6.04 Å². The van der Waals surface area contributed by atoms with Crippen LogP contribution in [0.25, 0.3) is 0 Å². The number of hydrogen-bond donors (Lipinski definition) is 1. The normalized spacial score (nSPS) is 12.9. The highest BCUT2D eigenvalue weighted by molar-refractivity contribution is 9.10. The molecule has 17 heavy (non-hydrogen) atoms. The summed E-state index contributed by atoms with van der Waals surface area (Å²) >= 11 is 7.12. The third kappa shape index (κ3) is 3.16. The second-order valence-electron chi connectivity index (χ2n) is 3.81. The molecule has 2 nitrogen and oxygen atoms in total. The Morgan fingerprint density at radius 1 is 1.53 bits per heavy atom. The minimum atomic E-state index is 0.241. The Hall–Kier alpha value is -0.230. The van der Waals surface area contributed by atoms with E-state index in [1.807, 2.05) is 22.9 Å². The van der Waals surface area contributed by atoms with Crippen LogP contribution in [0.2, 0.25) is 0 Å². The average Bonchev–Trinajstić information content (AvgIpc) is 2.92. The van der Waals surface area contributed by atoms with Gasteiger partial charge in [-0.3, -0.25) is 0 Å². The van der Waals surface area contributed by atoms with Crippen molar-refractivity contribution in [3.63, 3.8) is 0 Å². The van der Waals surface area contributed by atoms with Gasteiger partial charge in [0.25, 0.3) is 0 Å². The molecule has 0 spiro atoms. The van der Waals surface area contributed by atoms with Gasteiger partial charge < -0.3 is 5.32 Å². The summed E-state index contributed by atoms with van der Waals surface area (Å²) in [7, 11) is 0. The molecule has 0 fully saturated rings. The fourth-order valence-electron chi connectivity index (χ4n) is 1.60. The lowest BCUT2D eigenvalue weighted by Gasteiger charge is -2.14. The number of halogens is 1. The Kier molecular flexibility index (Phi) is 4.73. The maximum atomic E-state index is 4.43. The number of thiophene rings is 1. The van der Waals surface area contributed by atoms with Gasteiger partial charge in [-0.15, -0.1) is 22.7 Å². The van der Waals surface area contributed by atoms with Crippen molar-refractivity contribution in [1.82, 2.24) is 10.3 Å². The van der Waals surface area contributed by atoms with Crippen molar-refractivity contribution in [2.24, 2.45) is 0 Å². The van der Waals surface area contributed by atoms with Crippen molar-refractivity contribution in [3.05, 3.63) is 36.9 Å². The summed E-state index contributed by atoms with van der Waals surface area (Å²) < 4.78 is 1.19. The van der Waals surface area contributed by atoms with E-state index in [-0.39, 0.29) is 6.04 Å². The van der Waals surface area contributed by atoms with Crippen LogP contribution in [0.1, 0.15) is 34.1 Å². The predicted molar refractivity (Wildman–Crippen MR) is 79.0 cm³/mol. The molecule has 2 rings (SSSR count). The molecular formula is C12H15BrN2S2. The van der Waals surface area contributed by atoms with Crippen LogP contribution < -0.4 is 5.32 Å². The molecule has 0 aromatic carbocycles. The van der Waals surface area contributed by atoms with Gasteiger partial charge in [0.1, 0.15) is 5.01 Å². The fourth-order valence-corrected chi connectivity index (χ4v) is 4.04. The van der Waals surface area contributed by atoms with Gasteiger partial charge in [-0.05, 0) is 41.9 Å². The van der Waals surface area contributed by atoms with Crippen LogP contribution in [0.5, 0.6) is 0 Å². The minimum absolute atomic E-state index is 0.241. The summed E-state index contributed by atoms with van der Waals surface area (Å²) in [5.74, 6) is 0. The van der Waals surface area contributed by atoms with Crippen LogP contribution in [0, 0.1) is 6.92 Å². The molecule has 0 amide bonds. The topological polar surface area (TPSA) is 24.9 Å². The molecule has 0 bridgehead atoms. The maximum absolute atomic E-state index is 4.43. The molecule has 1 N–H and O–H groups in total. The maximum Gasteiger partial charge on any atom is 0.115 e. The van der Waals surface area contributed by atoms with E-state index < -0.39 is 0 Å². The predicted octanol–water partition coefficient (Wildman–Crippen LogP) is 4.36. The molecular weight excluding hydrogens is 316 g/mol. The fraction of sp³-hybridized carbons (Fsp3) is 0.417. The molecule has 0 aliphatic rings. The largest absolute Gasteiger partial charge is 0.304 e. The zero-order valence-electron chi connectivity index (χ0n) is 9.87. The number of nitrogens with one attached hydrogen (secondary N) is 1. The summed E-state index contributed by atoms with van der Waals surface area (Å²) in [6.07, 6.45) is 3.00. The molecule has 1 unspecified atom stereocenters. The number of thiazole rings is 1. The number of rotatable bonds is 5. The minimum Gasteiger partial charge on any atom is -0.304 e. The van der Waals surface area contributed by atoms with Gasteiger partial charge in [-0.2, -0.15) is 0 Å².